The quantitative estimate of drug-likeness (QED) is 0.768. The second kappa shape index (κ2) is 6.87. The molecule has 0 fully saturated rings. The second-order valence-corrected chi connectivity index (χ2v) is 4.55. The minimum atomic E-state index is 0.429. The Bertz CT molecular complexity index is 382. The molecule has 1 N–H and O–H groups in total. The van der Waals surface area contributed by atoms with E-state index in [4.69, 9.17) is 23.2 Å². The summed E-state index contributed by atoms with van der Waals surface area (Å²) in [4.78, 5) is 3.92. The minimum Gasteiger partial charge on any atom is -0.385 e. The van der Waals surface area contributed by atoms with Crippen LogP contribution in [0.5, 0.6) is 0 Å². The van der Waals surface area contributed by atoms with Gasteiger partial charge in [0.05, 0.1) is 0 Å². The molecule has 0 amide bonds. The van der Waals surface area contributed by atoms with E-state index < -0.39 is 0 Å². The molecule has 1 unspecified atom stereocenters. The lowest BCUT2D eigenvalue weighted by Gasteiger charge is -2.20. The summed E-state index contributed by atoms with van der Waals surface area (Å²) in [7, 11) is 0. The largest absolute Gasteiger partial charge is 0.385 e. The molecular formula is C13H18Cl2N2. The van der Waals surface area contributed by atoms with Crippen molar-refractivity contribution in [2.75, 3.05) is 6.54 Å². The number of hydrogen-bond donors (Lipinski definition) is 1. The first-order valence-electron chi connectivity index (χ1n) is 5.94. The Labute approximate surface area is 113 Å². The van der Waals surface area contributed by atoms with Crippen molar-refractivity contribution < 1.29 is 0 Å². The van der Waals surface area contributed by atoms with Crippen LogP contribution in [-0.4, -0.2) is 11.5 Å². The van der Waals surface area contributed by atoms with Crippen LogP contribution in [0.2, 0.25) is 10.3 Å². The predicted octanol–water partition coefficient (Wildman–Crippen LogP) is 4.38. The van der Waals surface area contributed by atoms with E-state index in [1.807, 2.05) is 26.0 Å². The van der Waals surface area contributed by atoms with Crippen LogP contribution in [0.15, 0.2) is 18.2 Å². The van der Waals surface area contributed by atoms with Crippen LogP contribution in [0.4, 0.5) is 0 Å². The summed E-state index contributed by atoms with van der Waals surface area (Å²) in [6, 6.07) is 3.65. The molecular weight excluding hydrogens is 255 g/mol. The maximum absolute atomic E-state index is 5.86. The number of pyridine rings is 1. The maximum atomic E-state index is 5.86. The van der Waals surface area contributed by atoms with E-state index in [1.165, 1.54) is 0 Å². The molecule has 0 radical (unpaired) electrons. The fourth-order valence-corrected chi connectivity index (χ4v) is 2.14. The molecule has 2 rings (SSSR count). The molecule has 0 aliphatic carbocycles. The van der Waals surface area contributed by atoms with E-state index in [-0.39, 0.29) is 0 Å². The summed E-state index contributed by atoms with van der Waals surface area (Å²) >= 11 is 11.7. The highest BCUT2D eigenvalue weighted by atomic mass is 35.5. The van der Waals surface area contributed by atoms with Crippen LogP contribution >= 0.6 is 23.2 Å². The van der Waals surface area contributed by atoms with Gasteiger partial charge in [0.2, 0.25) is 0 Å². The number of rotatable bonds is 1. The van der Waals surface area contributed by atoms with Crippen molar-refractivity contribution in [2.24, 2.45) is 5.92 Å². The molecule has 1 aliphatic heterocycles. The summed E-state index contributed by atoms with van der Waals surface area (Å²) in [6.07, 6.45) is 3.36. The zero-order chi connectivity index (χ0) is 12.8. The Balaban J connectivity index is 0.000000686. The molecule has 17 heavy (non-hydrogen) atoms. The van der Waals surface area contributed by atoms with E-state index in [0.29, 0.717) is 16.2 Å². The Hall–Kier alpha value is -0.730. The number of aromatic nitrogens is 1. The summed E-state index contributed by atoms with van der Waals surface area (Å²) in [5, 5.41) is 4.19. The highest BCUT2D eigenvalue weighted by Crippen LogP contribution is 2.23. The summed E-state index contributed by atoms with van der Waals surface area (Å²) in [5.41, 5.74) is 2.10. The number of allylic oxidation sites excluding steroid dienone is 1. The second-order valence-electron chi connectivity index (χ2n) is 3.77. The lowest BCUT2D eigenvalue weighted by atomic mass is 10.00. The average molecular weight is 273 g/mol. The summed E-state index contributed by atoms with van der Waals surface area (Å²) in [6.45, 7) is 7.19. The van der Waals surface area contributed by atoms with E-state index in [9.17, 15) is 0 Å². The molecule has 1 aliphatic rings. The van der Waals surface area contributed by atoms with Gasteiger partial charge in [-0.3, -0.25) is 0 Å². The van der Waals surface area contributed by atoms with Crippen LogP contribution in [0.1, 0.15) is 32.8 Å². The van der Waals surface area contributed by atoms with Gasteiger partial charge in [-0.05, 0) is 24.5 Å². The first-order valence-corrected chi connectivity index (χ1v) is 6.70. The van der Waals surface area contributed by atoms with Crippen LogP contribution in [-0.2, 0) is 0 Å². The van der Waals surface area contributed by atoms with E-state index >= 15 is 0 Å². The fraction of sp³-hybridized carbons (Fsp3) is 0.462. The zero-order valence-electron chi connectivity index (χ0n) is 10.4. The van der Waals surface area contributed by atoms with Crippen molar-refractivity contribution in [3.05, 3.63) is 34.1 Å². The molecule has 0 spiro atoms. The Morgan fingerprint density at radius 1 is 1.24 bits per heavy atom. The van der Waals surface area contributed by atoms with Crippen molar-refractivity contribution >= 4 is 28.9 Å². The smallest absolute Gasteiger partial charge is 0.131 e. The molecule has 1 aromatic rings. The number of nitrogens with one attached hydrogen (secondary N) is 1. The molecule has 0 bridgehead atoms. The lowest BCUT2D eigenvalue weighted by Crippen LogP contribution is -2.21. The third kappa shape index (κ3) is 4.21. The number of halogens is 2. The first-order chi connectivity index (χ1) is 8.15. The number of hydrogen-bond acceptors (Lipinski definition) is 2. The minimum absolute atomic E-state index is 0.429. The summed E-state index contributed by atoms with van der Waals surface area (Å²) < 4.78 is 0. The normalized spacial score (nSPS) is 18.6. The number of nitrogens with zero attached hydrogens (tertiary/aromatic N) is 1. The molecule has 0 saturated carbocycles. The average Bonchev–Trinajstić information content (AvgIpc) is 2.30. The SMILES string of the molecule is CC.CC1C=C(c2cc(Cl)nc(Cl)c2)NCC1. The molecule has 2 heterocycles. The van der Waals surface area contributed by atoms with Gasteiger partial charge in [0, 0.05) is 17.8 Å². The standard InChI is InChI=1S/C11H12Cl2N2.C2H6/c1-7-2-3-14-9(4-7)8-5-10(12)15-11(13)6-8;1-2/h4-7,14H,2-3H2,1H3;1-2H3. The van der Waals surface area contributed by atoms with Crippen molar-refractivity contribution in [1.29, 1.82) is 0 Å². The molecule has 94 valence electrons. The Morgan fingerprint density at radius 2 is 1.82 bits per heavy atom. The van der Waals surface area contributed by atoms with Gasteiger partial charge in [-0.25, -0.2) is 4.98 Å². The fourth-order valence-electron chi connectivity index (χ4n) is 1.68. The van der Waals surface area contributed by atoms with Gasteiger partial charge >= 0.3 is 0 Å². The predicted molar refractivity (Wildman–Crippen MR) is 75.4 cm³/mol. The van der Waals surface area contributed by atoms with Crippen LogP contribution in [0, 0.1) is 5.92 Å². The van der Waals surface area contributed by atoms with Gasteiger partial charge in [0.25, 0.3) is 0 Å². The third-order valence-corrected chi connectivity index (χ3v) is 2.83. The topological polar surface area (TPSA) is 24.9 Å². The lowest BCUT2D eigenvalue weighted by molar-refractivity contribution is 0.600. The van der Waals surface area contributed by atoms with Crippen LogP contribution in [0.3, 0.4) is 0 Å². The van der Waals surface area contributed by atoms with Gasteiger partial charge in [0.1, 0.15) is 10.3 Å². The summed E-state index contributed by atoms with van der Waals surface area (Å²) in [5.74, 6) is 0.590. The van der Waals surface area contributed by atoms with Crippen LogP contribution < -0.4 is 5.32 Å². The molecule has 1 atom stereocenters. The highest BCUT2D eigenvalue weighted by molar-refractivity contribution is 6.32. The van der Waals surface area contributed by atoms with Gasteiger partial charge in [-0.1, -0.05) is 50.0 Å². The van der Waals surface area contributed by atoms with Gasteiger partial charge in [-0.2, -0.15) is 0 Å². The maximum Gasteiger partial charge on any atom is 0.131 e. The van der Waals surface area contributed by atoms with Gasteiger partial charge in [-0.15, -0.1) is 0 Å². The molecule has 0 saturated heterocycles. The highest BCUT2D eigenvalue weighted by Gasteiger charge is 2.11. The Kier molecular flexibility index (Phi) is 5.79. The van der Waals surface area contributed by atoms with Crippen molar-refractivity contribution in [3.63, 3.8) is 0 Å². The molecule has 4 heteroatoms. The monoisotopic (exact) mass is 272 g/mol. The van der Waals surface area contributed by atoms with Crippen molar-refractivity contribution in [1.82, 2.24) is 10.3 Å². The van der Waals surface area contributed by atoms with E-state index in [0.717, 1.165) is 24.2 Å². The molecule has 2 nitrogen and oxygen atoms in total. The molecule has 0 aromatic carbocycles. The van der Waals surface area contributed by atoms with Gasteiger partial charge < -0.3 is 5.32 Å². The van der Waals surface area contributed by atoms with Crippen molar-refractivity contribution in [3.8, 4) is 0 Å². The molecule has 1 aromatic heterocycles. The van der Waals surface area contributed by atoms with Gasteiger partial charge in [0.15, 0.2) is 0 Å². The van der Waals surface area contributed by atoms with Crippen LogP contribution in [0.25, 0.3) is 5.70 Å². The van der Waals surface area contributed by atoms with E-state index in [1.54, 1.807) is 0 Å². The Morgan fingerprint density at radius 3 is 2.35 bits per heavy atom. The first kappa shape index (κ1) is 14.3. The zero-order valence-corrected chi connectivity index (χ0v) is 11.9. The van der Waals surface area contributed by atoms with Crippen molar-refractivity contribution in [2.45, 2.75) is 27.2 Å². The van der Waals surface area contributed by atoms with E-state index in [2.05, 4.69) is 23.3 Å². The third-order valence-electron chi connectivity index (χ3n) is 2.44.